The van der Waals surface area contributed by atoms with Crippen LogP contribution in [-0.4, -0.2) is 41.9 Å². The number of ether oxygens (including phenoxy) is 1. The Morgan fingerprint density at radius 3 is 2.67 bits per heavy atom. The average Bonchev–Trinajstić information content (AvgIpc) is 2.74. The fourth-order valence-electron chi connectivity index (χ4n) is 2.69. The zero-order chi connectivity index (χ0) is 22.1. The molecule has 2 aromatic carbocycles. The standard InChI is InChI=1S/C20H22ClN3O5S/c1-29-18-6-4-3-5-14(18)12-22-20(26)16(9-10-30-2)23-19(25)13-7-8-15(21)17(11-13)24(27)28/h3-8,11,16H,9-10,12H2,1-2H3,(H,22,26)(H,23,25). The number of methoxy groups -OCH3 is 1. The third kappa shape index (κ3) is 6.36. The van der Waals surface area contributed by atoms with Gasteiger partial charge in [-0.05, 0) is 36.6 Å². The molecule has 2 rings (SSSR count). The van der Waals surface area contributed by atoms with E-state index in [0.29, 0.717) is 17.9 Å². The van der Waals surface area contributed by atoms with E-state index in [1.54, 1.807) is 24.9 Å². The van der Waals surface area contributed by atoms with E-state index in [1.165, 1.54) is 12.1 Å². The number of rotatable bonds is 10. The van der Waals surface area contributed by atoms with Crippen molar-refractivity contribution in [2.24, 2.45) is 0 Å². The van der Waals surface area contributed by atoms with Crippen molar-refractivity contribution in [1.29, 1.82) is 0 Å². The maximum atomic E-state index is 12.7. The summed E-state index contributed by atoms with van der Waals surface area (Å²) in [7, 11) is 1.55. The van der Waals surface area contributed by atoms with Crippen LogP contribution in [0.2, 0.25) is 5.02 Å². The van der Waals surface area contributed by atoms with Gasteiger partial charge >= 0.3 is 0 Å². The van der Waals surface area contributed by atoms with Crippen LogP contribution < -0.4 is 15.4 Å². The predicted octanol–water partition coefficient (Wildman–Crippen LogP) is 3.42. The number of hydrogen-bond donors (Lipinski definition) is 2. The molecular formula is C20H22ClN3O5S. The minimum atomic E-state index is -0.797. The number of thioether (sulfide) groups is 1. The molecule has 1 atom stereocenters. The lowest BCUT2D eigenvalue weighted by Gasteiger charge is -2.19. The Morgan fingerprint density at radius 1 is 1.27 bits per heavy atom. The van der Waals surface area contributed by atoms with E-state index in [-0.39, 0.29) is 28.7 Å². The Balaban J connectivity index is 2.11. The average molecular weight is 452 g/mol. The molecule has 0 heterocycles. The molecule has 10 heteroatoms. The predicted molar refractivity (Wildman–Crippen MR) is 117 cm³/mol. The third-order valence-corrected chi connectivity index (χ3v) is 5.25. The van der Waals surface area contributed by atoms with Crippen molar-refractivity contribution in [2.45, 2.75) is 19.0 Å². The number of nitrogens with one attached hydrogen (secondary N) is 2. The van der Waals surface area contributed by atoms with Gasteiger partial charge in [0.1, 0.15) is 16.8 Å². The number of nitro groups is 1. The Bertz CT molecular complexity index is 925. The van der Waals surface area contributed by atoms with Crippen LogP contribution in [0.4, 0.5) is 5.69 Å². The van der Waals surface area contributed by atoms with Crippen LogP contribution in [0, 0.1) is 10.1 Å². The Hall–Kier alpha value is -2.78. The monoisotopic (exact) mass is 451 g/mol. The van der Waals surface area contributed by atoms with Crippen LogP contribution in [0.15, 0.2) is 42.5 Å². The van der Waals surface area contributed by atoms with Gasteiger partial charge in [-0.1, -0.05) is 29.8 Å². The molecule has 0 bridgehead atoms. The fraction of sp³-hybridized carbons (Fsp3) is 0.300. The molecule has 2 amide bonds. The maximum absolute atomic E-state index is 12.7. The normalized spacial score (nSPS) is 11.4. The highest BCUT2D eigenvalue weighted by Crippen LogP contribution is 2.25. The molecule has 1 unspecified atom stereocenters. The Labute approximate surface area is 183 Å². The number of nitrogens with zero attached hydrogens (tertiary/aromatic N) is 1. The first-order valence-electron chi connectivity index (χ1n) is 9.00. The molecule has 0 aliphatic rings. The van der Waals surface area contributed by atoms with Crippen molar-refractivity contribution >= 4 is 40.9 Å². The molecule has 160 valence electrons. The molecular weight excluding hydrogens is 430 g/mol. The summed E-state index contributed by atoms with van der Waals surface area (Å²) in [4.78, 5) is 35.7. The molecule has 8 nitrogen and oxygen atoms in total. The van der Waals surface area contributed by atoms with Crippen LogP contribution in [0.1, 0.15) is 22.3 Å². The van der Waals surface area contributed by atoms with Crippen LogP contribution in [0.3, 0.4) is 0 Å². The lowest BCUT2D eigenvalue weighted by molar-refractivity contribution is -0.384. The first-order chi connectivity index (χ1) is 14.4. The van der Waals surface area contributed by atoms with E-state index in [9.17, 15) is 19.7 Å². The Morgan fingerprint density at radius 2 is 2.00 bits per heavy atom. The lowest BCUT2D eigenvalue weighted by atomic mass is 10.1. The fourth-order valence-corrected chi connectivity index (χ4v) is 3.35. The summed E-state index contributed by atoms with van der Waals surface area (Å²) in [6.45, 7) is 0.237. The number of carbonyl (C=O) groups is 2. The largest absolute Gasteiger partial charge is 0.496 e. The van der Waals surface area contributed by atoms with Gasteiger partial charge in [-0.2, -0.15) is 11.8 Å². The number of halogens is 1. The Kier molecular flexibility index (Phi) is 8.94. The summed E-state index contributed by atoms with van der Waals surface area (Å²) >= 11 is 7.34. The second kappa shape index (κ2) is 11.4. The molecule has 0 spiro atoms. The molecule has 2 aromatic rings. The summed E-state index contributed by atoms with van der Waals surface area (Å²) in [5, 5.41) is 16.5. The van der Waals surface area contributed by atoms with Crippen LogP contribution in [0.25, 0.3) is 0 Å². The van der Waals surface area contributed by atoms with Gasteiger partial charge in [0.2, 0.25) is 5.91 Å². The first kappa shape index (κ1) is 23.5. The van der Waals surface area contributed by atoms with Gasteiger partial charge in [0.05, 0.1) is 12.0 Å². The van der Waals surface area contributed by atoms with Gasteiger partial charge in [0, 0.05) is 23.7 Å². The highest BCUT2D eigenvalue weighted by atomic mass is 35.5. The number of nitro benzene ring substituents is 1. The molecule has 0 fully saturated rings. The summed E-state index contributed by atoms with van der Waals surface area (Å²) in [6.07, 6.45) is 2.30. The van der Waals surface area contributed by atoms with E-state index in [1.807, 2.05) is 24.5 Å². The van der Waals surface area contributed by atoms with Crippen molar-refractivity contribution in [3.63, 3.8) is 0 Å². The van der Waals surface area contributed by atoms with Crippen molar-refractivity contribution in [1.82, 2.24) is 10.6 Å². The zero-order valence-electron chi connectivity index (χ0n) is 16.5. The van der Waals surface area contributed by atoms with Crippen LogP contribution in [0.5, 0.6) is 5.75 Å². The number of benzene rings is 2. The van der Waals surface area contributed by atoms with E-state index in [4.69, 9.17) is 16.3 Å². The van der Waals surface area contributed by atoms with Gasteiger partial charge in [-0.25, -0.2) is 0 Å². The minimum absolute atomic E-state index is 0.0535. The highest BCUT2D eigenvalue weighted by molar-refractivity contribution is 7.98. The van der Waals surface area contributed by atoms with E-state index >= 15 is 0 Å². The molecule has 2 N–H and O–H groups in total. The van der Waals surface area contributed by atoms with Crippen LogP contribution >= 0.6 is 23.4 Å². The second-order valence-electron chi connectivity index (χ2n) is 6.26. The van der Waals surface area contributed by atoms with Gasteiger partial charge in [-0.3, -0.25) is 19.7 Å². The van der Waals surface area contributed by atoms with Crippen molar-refractivity contribution < 1.29 is 19.2 Å². The zero-order valence-corrected chi connectivity index (χ0v) is 18.1. The summed E-state index contributed by atoms with van der Waals surface area (Å²) in [5.41, 5.74) is 0.486. The minimum Gasteiger partial charge on any atom is -0.496 e. The molecule has 0 saturated heterocycles. The molecule has 0 aliphatic heterocycles. The third-order valence-electron chi connectivity index (χ3n) is 4.28. The topological polar surface area (TPSA) is 111 Å². The molecule has 0 aliphatic carbocycles. The number of para-hydroxylation sites is 1. The highest BCUT2D eigenvalue weighted by Gasteiger charge is 2.23. The lowest BCUT2D eigenvalue weighted by Crippen LogP contribution is -2.46. The molecule has 0 aromatic heterocycles. The summed E-state index contributed by atoms with van der Waals surface area (Å²) < 4.78 is 5.28. The van der Waals surface area contributed by atoms with Gasteiger partial charge in [0.15, 0.2) is 0 Å². The van der Waals surface area contributed by atoms with Gasteiger partial charge in [-0.15, -0.1) is 0 Å². The molecule has 0 saturated carbocycles. The number of amides is 2. The van der Waals surface area contributed by atoms with Crippen LogP contribution in [-0.2, 0) is 11.3 Å². The summed E-state index contributed by atoms with van der Waals surface area (Å²) in [6, 6.07) is 10.3. The number of hydrogen-bond acceptors (Lipinski definition) is 6. The van der Waals surface area contributed by atoms with E-state index in [2.05, 4.69) is 10.6 Å². The first-order valence-corrected chi connectivity index (χ1v) is 10.8. The number of carbonyl (C=O) groups excluding carboxylic acids is 2. The SMILES string of the molecule is COc1ccccc1CNC(=O)C(CCSC)NC(=O)c1ccc(Cl)c([N+](=O)[O-])c1. The quantitative estimate of drug-likeness (QED) is 0.423. The van der Waals surface area contributed by atoms with Crippen molar-refractivity contribution in [2.75, 3.05) is 19.1 Å². The van der Waals surface area contributed by atoms with Crippen molar-refractivity contribution in [3.05, 3.63) is 68.7 Å². The van der Waals surface area contributed by atoms with E-state index in [0.717, 1.165) is 11.6 Å². The summed E-state index contributed by atoms with van der Waals surface area (Å²) in [5.74, 6) is 0.351. The smallest absolute Gasteiger partial charge is 0.288 e. The van der Waals surface area contributed by atoms with Crippen molar-refractivity contribution in [3.8, 4) is 5.75 Å². The molecule has 30 heavy (non-hydrogen) atoms. The second-order valence-corrected chi connectivity index (χ2v) is 7.65. The van der Waals surface area contributed by atoms with Gasteiger partial charge < -0.3 is 15.4 Å². The van der Waals surface area contributed by atoms with E-state index < -0.39 is 16.9 Å². The molecule has 0 radical (unpaired) electrons. The maximum Gasteiger partial charge on any atom is 0.288 e. The van der Waals surface area contributed by atoms with Gasteiger partial charge in [0.25, 0.3) is 11.6 Å².